The van der Waals surface area contributed by atoms with Gasteiger partial charge in [0.2, 0.25) is 11.9 Å². The number of amides is 1. The number of hydrogen-bond donors (Lipinski definition) is 2. The van der Waals surface area contributed by atoms with Crippen molar-refractivity contribution in [3.05, 3.63) is 36.8 Å². The molecule has 0 saturated heterocycles. The van der Waals surface area contributed by atoms with Crippen LogP contribution in [0.3, 0.4) is 0 Å². The van der Waals surface area contributed by atoms with Crippen molar-refractivity contribution in [2.75, 3.05) is 19.5 Å². The average Bonchev–Trinajstić information content (AvgIpc) is 3.26. The van der Waals surface area contributed by atoms with E-state index in [1.807, 2.05) is 24.3 Å². The largest absolute Gasteiger partial charge is 0.493 e. The molecular weight excluding hydrogens is 374 g/mol. The third kappa shape index (κ3) is 3.55. The molecule has 0 aliphatic heterocycles. The fourth-order valence-corrected chi connectivity index (χ4v) is 2.89. The molecule has 0 atom stereocenters. The zero-order valence-corrected chi connectivity index (χ0v) is 15.9. The lowest BCUT2D eigenvalue weighted by atomic mass is 10.1. The second-order valence-corrected chi connectivity index (χ2v) is 6.07. The molecule has 10 heteroatoms. The molecule has 0 unspecified atom stereocenters. The quantitative estimate of drug-likeness (QED) is 0.531. The highest BCUT2D eigenvalue weighted by Gasteiger charge is 2.16. The van der Waals surface area contributed by atoms with Crippen LogP contribution < -0.4 is 14.8 Å². The first-order valence-electron chi connectivity index (χ1n) is 8.62. The third-order valence-electron chi connectivity index (χ3n) is 4.18. The summed E-state index contributed by atoms with van der Waals surface area (Å²) in [6.45, 7) is 1.39. The highest BCUT2D eigenvalue weighted by molar-refractivity contribution is 5.93. The summed E-state index contributed by atoms with van der Waals surface area (Å²) < 4.78 is 10.7. The van der Waals surface area contributed by atoms with Gasteiger partial charge in [0.25, 0.3) is 0 Å². The number of carbonyl (C=O) groups is 1. The van der Waals surface area contributed by atoms with Gasteiger partial charge in [0, 0.05) is 18.7 Å². The van der Waals surface area contributed by atoms with Crippen LogP contribution in [0, 0.1) is 0 Å². The molecule has 3 aromatic heterocycles. The smallest absolute Gasteiger partial charge is 0.230 e. The van der Waals surface area contributed by atoms with Crippen molar-refractivity contribution in [1.29, 1.82) is 0 Å². The summed E-state index contributed by atoms with van der Waals surface area (Å²) in [4.78, 5) is 29.0. The lowest BCUT2D eigenvalue weighted by molar-refractivity contribution is -0.114. The molecule has 0 bridgehead atoms. The lowest BCUT2D eigenvalue weighted by Gasteiger charge is -2.11. The van der Waals surface area contributed by atoms with Crippen molar-refractivity contribution in [1.82, 2.24) is 30.1 Å². The Bertz CT molecular complexity index is 1190. The van der Waals surface area contributed by atoms with E-state index >= 15 is 0 Å². The number of nitrogens with one attached hydrogen (secondary N) is 2. The zero-order valence-electron chi connectivity index (χ0n) is 15.9. The highest BCUT2D eigenvalue weighted by Crippen LogP contribution is 2.33. The molecule has 3 heterocycles. The number of anilines is 1. The normalized spacial score (nSPS) is 10.7. The first-order chi connectivity index (χ1) is 14.1. The number of nitrogens with zero attached hydrogens (tertiary/aromatic N) is 5. The van der Waals surface area contributed by atoms with E-state index in [1.54, 1.807) is 20.4 Å². The van der Waals surface area contributed by atoms with Gasteiger partial charge in [-0.25, -0.2) is 15.0 Å². The van der Waals surface area contributed by atoms with Crippen molar-refractivity contribution in [2.24, 2.45) is 0 Å². The van der Waals surface area contributed by atoms with Crippen LogP contribution in [0.25, 0.3) is 33.7 Å². The SMILES string of the molecule is COc1ccc(-c2cnc3c(-c4ncn[nH]4)nc(NC(C)=O)nc3c2)cc1OC. The van der Waals surface area contributed by atoms with Crippen molar-refractivity contribution in [3.63, 3.8) is 0 Å². The van der Waals surface area contributed by atoms with E-state index in [1.165, 1.54) is 13.3 Å². The standard InChI is InChI=1S/C19H17N7O3/c1-10(27)23-19-24-13-6-12(11-4-5-14(28-2)15(7-11)29-3)8-20-16(13)17(25-19)18-21-9-22-26-18/h4-9H,1-3H3,(H,21,22,26)(H,23,24,25,27). The molecule has 10 nitrogen and oxygen atoms in total. The summed E-state index contributed by atoms with van der Waals surface area (Å²) in [6.07, 6.45) is 3.09. The van der Waals surface area contributed by atoms with E-state index in [2.05, 4.69) is 35.5 Å². The number of aromatic amines is 1. The minimum Gasteiger partial charge on any atom is -0.493 e. The zero-order chi connectivity index (χ0) is 20.4. The summed E-state index contributed by atoms with van der Waals surface area (Å²) in [5.41, 5.74) is 3.20. The number of ether oxygens (including phenoxy) is 2. The molecule has 2 N–H and O–H groups in total. The second kappa shape index (κ2) is 7.50. The average molecular weight is 391 g/mol. The monoisotopic (exact) mass is 391 g/mol. The first-order valence-corrected chi connectivity index (χ1v) is 8.62. The number of carbonyl (C=O) groups excluding carboxylic acids is 1. The van der Waals surface area contributed by atoms with Crippen LogP contribution >= 0.6 is 0 Å². The van der Waals surface area contributed by atoms with Crippen LogP contribution in [-0.2, 0) is 4.79 Å². The van der Waals surface area contributed by atoms with Gasteiger partial charge in [-0.2, -0.15) is 5.10 Å². The fraction of sp³-hybridized carbons (Fsp3) is 0.158. The minimum atomic E-state index is -0.281. The summed E-state index contributed by atoms with van der Waals surface area (Å²) >= 11 is 0. The maximum atomic E-state index is 11.5. The molecule has 0 aliphatic carbocycles. The van der Waals surface area contributed by atoms with Crippen molar-refractivity contribution in [2.45, 2.75) is 6.92 Å². The van der Waals surface area contributed by atoms with Crippen molar-refractivity contribution < 1.29 is 14.3 Å². The summed E-state index contributed by atoms with van der Waals surface area (Å²) in [6, 6.07) is 7.43. The minimum absolute atomic E-state index is 0.155. The van der Waals surface area contributed by atoms with Crippen LogP contribution in [0.15, 0.2) is 36.8 Å². The summed E-state index contributed by atoms with van der Waals surface area (Å²) in [5, 5.41) is 9.23. The van der Waals surface area contributed by atoms with Gasteiger partial charge >= 0.3 is 0 Å². The maximum absolute atomic E-state index is 11.5. The number of aromatic nitrogens is 6. The Labute approximate surface area is 165 Å². The van der Waals surface area contributed by atoms with Gasteiger partial charge in [-0.15, -0.1) is 0 Å². The van der Waals surface area contributed by atoms with Gasteiger partial charge in [0.05, 0.1) is 19.7 Å². The molecule has 1 aromatic carbocycles. The molecule has 0 aliphatic rings. The first kappa shape index (κ1) is 18.3. The highest BCUT2D eigenvalue weighted by atomic mass is 16.5. The second-order valence-electron chi connectivity index (χ2n) is 6.07. The van der Waals surface area contributed by atoms with E-state index in [4.69, 9.17) is 9.47 Å². The molecule has 146 valence electrons. The molecule has 1 amide bonds. The Morgan fingerprint density at radius 3 is 2.55 bits per heavy atom. The maximum Gasteiger partial charge on any atom is 0.230 e. The van der Waals surface area contributed by atoms with Gasteiger partial charge in [0.1, 0.15) is 17.5 Å². The Kier molecular flexibility index (Phi) is 4.73. The Balaban J connectivity index is 1.88. The Hall–Kier alpha value is -4.08. The third-order valence-corrected chi connectivity index (χ3v) is 4.18. The number of benzene rings is 1. The molecule has 4 rings (SSSR count). The molecule has 4 aromatic rings. The Morgan fingerprint density at radius 1 is 1.03 bits per heavy atom. The van der Waals surface area contributed by atoms with Crippen molar-refractivity contribution in [3.8, 4) is 34.1 Å². The van der Waals surface area contributed by atoms with Crippen molar-refractivity contribution >= 4 is 22.9 Å². The van der Waals surface area contributed by atoms with E-state index < -0.39 is 0 Å². The molecule has 0 radical (unpaired) electrons. The van der Waals surface area contributed by atoms with Crippen LogP contribution in [-0.4, -0.2) is 50.3 Å². The van der Waals surface area contributed by atoms with Gasteiger partial charge in [0.15, 0.2) is 17.3 Å². The predicted octanol–water partition coefficient (Wildman–Crippen LogP) is 2.45. The number of methoxy groups -OCH3 is 2. The predicted molar refractivity (Wildman–Crippen MR) is 106 cm³/mol. The van der Waals surface area contributed by atoms with E-state index in [9.17, 15) is 4.79 Å². The number of H-pyrrole nitrogens is 1. The number of pyridine rings is 1. The molecule has 0 saturated carbocycles. The van der Waals surface area contributed by atoms with Gasteiger partial charge in [-0.1, -0.05) is 6.07 Å². The van der Waals surface area contributed by atoms with E-state index in [0.29, 0.717) is 34.1 Å². The number of fused-ring (bicyclic) bond motifs is 1. The fourth-order valence-electron chi connectivity index (χ4n) is 2.89. The van der Waals surface area contributed by atoms with Crippen LogP contribution in [0.1, 0.15) is 6.92 Å². The van der Waals surface area contributed by atoms with Crippen LogP contribution in [0.5, 0.6) is 11.5 Å². The van der Waals surface area contributed by atoms with E-state index in [-0.39, 0.29) is 11.9 Å². The van der Waals surface area contributed by atoms with Gasteiger partial charge < -0.3 is 9.47 Å². The summed E-state index contributed by atoms with van der Waals surface area (Å²) in [5.74, 6) is 1.54. The molecule has 0 spiro atoms. The topological polar surface area (TPSA) is 128 Å². The van der Waals surface area contributed by atoms with Crippen LogP contribution in [0.2, 0.25) is 0 Å². The molecule has 0 fully saturated rings. The van der Waals surface area contributed by atoms with Gasteiger partial charge in [-0.3, -0.25) is 20.2 Å². The lowest BCUT2D eigenvalue weighted by Crippen LogP contribution is -2.10. The Morgan fingerprint density at radius 2 is 1.86 bits per heavy atom. The molecular formula is C19H17N7O3. The van der Waals surface area contributed by atoms with Crippen LogP contribution in [0.4, 0.5) is 5.95 Å². The van der Waals surface area contributed by atoms with Gasteiger partial charge in [-0.05, 0) is 23.8 Å². The summed E-state index contributed by atoms with van der Waals surface area (Å²) in [7, 11) is 3.16. The number of rotatable bonds is 5. The number of hydrogen-bond acceptors (Lipinski definition) is 8. The van der Waals surface area contributed by atoms with E-state index in [0.717, 1.165) is 11.1 Å². The molecule has 29 heavy (non-hydrogen) atoms.